The van der Waals surface area contributed by atoms with Gasteiger partial charge in [-0.05, 0) is 48.7 Å². The first-order valence-electron chi connectivity index (χ1n) is 6.49. The number of halogens is 1. The third-order valence-corrected chi connectivity index (χ3v) is 5.55. The summed E-state index contributed by atoms with van der Waals surface area (Å²) in [7, 11) is -4.11. The Labute approximate surface area is 137 Å². The third-order valence-electron chi connectivity index (χ3n) is 3.02. The van der Waals surface area contributed by atoms with Gasteiger partial charge in [0.1, 0.15) is 12.4 Å². The number of thioether (sulfide) groups is 1. The highest BCUT2D eigenvalue weighted by Gasteiger charge is 2.27. The predicted molar refractivity (Wildman–Crippen MR) is 86.8 cm³/mol. The van der Waals surface area contributed by atoms with Crippen LogP contribution < -0.4 is 4.31 Å². The molecule has 5 nitrogen and oxygen atoms in total. The molecule has 8 heteroatoms. The Bertz CT molecular complexity index is 806. The maximum atomic E-state index is 13.4. The topological polar surface area (TPSA) is 74.7 Å². The number of carboxylic acids is 1. The van der Waals surface area contributed by atoms with Crippen LogP contribution in [0.1, 0.15) is 0 Å². The van der Waals surface area contributed by atoms with Gasteiger partial charge < -0.3 is 5.11 Å². The summed E-state index contributed by atoms with van der Waals surface area (Å²) in [5.74, 6) is -1.98. The lowest BCUT2D eigenvalue weighted by molar-refractivity contribution is -0.135. The van der Waals surface area contributed by atoms with Crippen LogP contribution in [0.4, 0.5) is 10.1 Å². The van der Waals surface area contributed by atoms with Crippen molar-refractivity contribution in [2.75, 3.05) is 17.1 Å². The number of carbonyl (C=O) groups is 1. The molecule has 0 radical (unpaired) electrons. The molecule has 0 saturated carbocycles. The minimum absolute atomic E-state index is 0.0404. The maximum Gasteiger partial charge on any atom is 0.324 e. The number of sulfonamides is 1. The van der Waals surface area contributed by atoms with Gasteiger partial charge in [-0.25, -0.2) is 12.8 Å². The molecule has 0 atom stereocenters. The first-order valence-corrected chi connectivity index (χ1v) is 9.15. The Morgan fingerprint density at radius 1 is 1.22 bits per heavy atom. The molecule has 122 valence electrons. The molecule has 2 aromatic rings. The van der Waals surface area contributed by atoms with Gasteiger partial charge in [-0.15, -0.1) is 11.8 Å². The van der Waals surface area contributed by atoms with E-state index in [-0.39, 0.29) is 10.6 Å². The van der Waals surface area contributed by atoms with Crippen LogP contribution in [0.3, 0.4) is 0 Å². The monoisotopic (exact) mass is 355 g/mol. The fourth-order valence-electron chi connectivity index (χ4n) is 1.94. The van der Waals surface area contributed by atoms with Gasteiger partial charge in [0, 0.05) is 4.90 Å². The number of carboxylic acid groups (broad SMARTS) is 1. The molecule has 0 saturated heterocycles. The van der Waals surface area contributed by atoms with Crippen molar-refractivity contribution < 1.29 is 22.7 Å². The van der Waals surface area contributed by atoms with E-state index in [0.717, 1.165) is 17.0 Å². The summed E-state index contributed by atoms with van der Waals surface area (Å²) in [6, 6.07) is 10.9. The van der Waals surface area contributed by atoms with E-state index < -0.39 is 28.4 Å². The van der Waals surface area contributed by atoms with Crippen LogP contribution in [0.2, 0.25) is 0 Å². The average Bonchev–Trinajstić information content (AvgIpc) is 2.52. The molecule has 0 aliphatic heterocycles. The standard InChI is InChI=1S/C15H14FNO4S2/c1-22-13-5-7-14(8-6-13)23(20,21)17(10-15(18)19)12-4-2-3-11(16)9-12/h2-9H,10H2,1H3,(H,18,19). The second-order valence-electron chi connectivity index (χ2n) is 4.56. The summed E-state index contributed by atoms with van der Waals surface area (Å²) >= 11 is 1.45. The largest absolute Gasteiger partial charge is 0.480 e. The number of anilines is 1. The molecular weight excluding hydrogens is 341 g/mol. The number of aliphatic carboxylic acids is 1. The fourth-order valence-corrected chi connectivity index (χ4v) is 3.76. The van der Waals surface area contributed by atoms with Crippen molar-refractivity contribution in [1.82, 2.24) is 0 Å². The van der Waals surface area contributed by atoms with Gasteiger partial charge >= 0.3 is 5.97 Å². The fraction of sp³-hybridized carbons (Fsp3) is 0.133. The molecule has 2 rings (SSSR count). The molecule has 0 aliphatic carbocycles. The SMILES string of the molecule is CSc1ccc(S(=O)(=O)N(CC(=O)O)c2cccc(F)c2)cc1. The van der Waals surface area contributed by atoms with E-state index in [9.17, 15) is 17.6 Å². The zero-order valence-electron chi connectivity index (χ0n) is 12.1. The third kappa shape index (κ3) is 4.02. The lowest BCUT2D eigenvalue weighted by atomic mass is 10.3. The van der Waals surface area contributed by atoms with E-state index in [0.29, 0.717) is 4.31 Å². The van der Waals surface area contributed by atoms with Gasteiger partial charge in [0.2, 0.25) is 0 Å². The minimum atomic E-state index is -4.11. The van der Waals surface area contributed by atoms with E-state index >= 15 is 0 Å². The van der Waals surface area contributed by atoms with Gasteiger partial charge in [0.15, 0.2) is 0 Å². The van der Waals surface area contributed by atoms with Crippen LogP contribution in [-0.2, 0) is 14.8 Å². The second-order valence-corrected chi connectivity index (χ2v) is 7.30. The molecule has 23 heavy (non-hydrogen) atoms. The quantitative estimate of drug-likeness (QED) is 0.807. The summed E-state index contributed by atoms with van der Waals surface area (Å²) in [6.07, 6.45) is 1.85. The molecule has 0 amide bonds. The smallest absolute Gasteiger partial charge is 0.324 e. The van der Waals surface area contributed by atoms with Crippen molar-refractivity contribution in [2.45, 2.75) is 9.79 Å². The zero-order valence-corrected chi connectivity index (χ0v) is 13.8. The average molecular weight is 355 g/mol. The first-order chi connectivity index (χ1) is 10.8. The minimum Gasteiger partial charge on any atom is -0.480 e. The Morgan fingerprint density at radius 3 is 2.39 bits per heavy atom. The Kier molecular flexibility index (Phi) is 5.27. The molecule has 1 N–H and O–H groups in total. The Hall–Kier alpha value is -2.06. The molecule has 2 aromatic carbocycles. The van der Waals surface area contributed by atoms with Crippen molar-refractivity contribution in [3.8, 4) is 0 Å². The molecule has 0 spiro atoms. The van der Waals surface area contributed by atoms with Gasteiger partial charge in [-0.3, -0.25) is 9.10 Å². The highest BCUT2D eigenvalue weighted by Crippen LogP contribution is 2.25. The molecule has 0 heterocycles. The number of benzene rings is 2. The van der Waals surface area contributed by atoms with Crippen LogP contribution in [0.15, 0.2) is 58.3 Å². The van der Waals surface area contributed by atoms with Gasteiger partial charge in [0.25, 0.3) is 10.0 Å². The summed E-state index contributed by atoms with van der Waals surface area (Å²) in [5.41, 5.74) is -0.0404. The lowest BCUT2D eigenvalue weighted by Gasteiger charge is -2.22. The van der Waals surface area contributed by atoms with Gasteiger partial charge in [0.05, 0.1) is 10.6 Å². The van der Waals surface area contributed by atoms with E-state index in [1.165, 1.54) is 36.0 Å². The normalized spacial score (nSPS) is 11.2. The van der Waals surface area contributed by atoms with Crippen molar-refractivity contribution >= 4 is 33.4 Å². The van der Waals surface area contributed by atoms with Crippen LogP contribution >= 0.6 is 11.8 Å². The van der Waals surface area contributed by atoms with Crippen molar-refractivity contribution in [2.24, 2.45) is 0 Å². The van der Waals surface area contributed by atoms with Gasteiger partial charge in [-0.2, -0.15) is 0 Å². The highest BCUT2D eigenvalue weighted by molar-refractivity contribution is 7.98. The van der Waals surface area contributed by atoms with E-state index in [1.807, 2.05) is 6.26 Å². The first kappa shape index (κ1) is 17.3. The molecule has 0 bridgehead atoms. The van der Waals surface area contributed by atoms with Crippen LogP contribution in [0.5, 0.6) is 0 Å². The highest BCUT2D eigenvalue weighted by atomic mass is 32.2. The molecule has 0 aliphatic rings. The van der Waals surface area contributed by atoms with E-state index in [1.54, 1.807) is 12.1 Å². The summed E-state index contributed by atoms with van der Waals surface area (Å²) in [4.78, 5) is 11.9. The molecule has 0 aromatic heterocycles. The van der Waals surface area contributed by atoms with Crippen LogP contribution in [0.25, 0.3) is 0 Å². The summed E-state index contributed by atoms with van der Waals surface area (Å²) < 4.78 is 39.5. The summed E-state index contributed by atoms with van der Waals surface area (Å²) in [5, 5.41) is 9.00. The molecule has 0 fully saturated rings. The van der Waals surface area contributed by atoms with Crippen molar-refractivity contribution in [1.29, 1.82) is 0 Å². The number of hydrogen-bond acceptors (Lipinski definition) is 4. The van der Waals surface area contributed by atoms with Gasteiger partial charge in [-0.1, -0.05) is 6.07 Å². The zero-order chi connectivity index (χ0) is 17.0. The second kappa shape index (κ2) is 7.01. The van der Waals surface area contributed by atoms with E-state index in [2.05, 4.69) is 0 Å². The lowest BCUT2D eigenvalue weighted by Crippen LogP contribution is -2.35. The van der Waals surface area contributed by atoms with Crippen LogP contribution in [-0.4, -0.2) is 32.3 Å². The Morgan fingerprint density at radius 2 is 1.87 bits per heavy atom. The van der Waals surface area contributed by atoms with Crippen molar-refractivity contribution in [3.63, 3.8) is 0 Å². The number of nitrogens with zero attached hydrogens (tertiary/aromatic N) is 1. The van der Waals surface area contributed by atoms with Crippen molar-refractivity contribution in [3.05, 3.63) is 54.3 Å². The predicted octanol–water partition coefficient (Wildman–Crippen LogP) is 2.83. The Balaban J connectivity index is 2.50. The maximum absolute atomic E-state index is 13.4. The number of hydrogen-bond donors (Lipinski definition) is 1. The molecule has 0 unspecified atom stereocenters. The van der Waals surface area contributed by atoms with E-state index in [4.69, 9.17) is 5.11 Å². The number of rotatable bonds is 6. The summed E-state index contributed by atoms with van der Waals surface area (Å²) in [6.45, 7) is -0.796. The van der Waals surface area contributed by atoms with Crippen LogP contribution in [0, 0.1) is 5.82 Å². The molecular formula is C15H14FNO4S2.